The van der Waals surface area contributed by atoms with Crippen molar-refractivity contribution in [3.05, 3.63) is 0 Å². The first-order valence-electron chi connectivity index (χ1n) is 4.02. The summed E-state index contributed by atoms with van der Waals surface area (Å²) in [6.45, 7) is 2.50. The molecule has 6 heteroatoms. The molecule has 76 valence electrons. The lowest BCUT2D eigenvalue weighted by atomic mass is 10.4. The highest BCUT2D eigenvalue weighted by atomic mass is 32.2. The van der Waals surface area contributed by atoms with Gasteiger partial charge in [0.2, 0.25) is 0 Å². The van der Waals surface area contributed by atoms with Gasteiger partial charge in [-0.15, -0.1) is 0 Å². The molecule has 0 bridgehead atoms. The van der Waals surface area contributed by atoms with Gasteiger partial charge in [-0.2, -0.15) is 5.10 Å². The lowest BCUT2D eigenvalue weighted by Gasteiger charge is -2.02. The molecule has 0 saturated heterocycles. The Morgan fingerprint density at radius 2 is 2.31 bits per heavy atom. The number of nitrogens with zero attached hydrogens (tertiary/aromatic N) is 1. The number of rotatable bonds is 5. The number of hydrogen-bond acceptors (Lipinski definition) is 5. The first-order chi connectivity index (χ1) is 6.20. The van der Waals surface area contributed by atoms with Gasteiger partial charge in [-0.1, -0.05) is 25.1 Å². The molecular weight excluding hydrogens is 190 g/mol. The minimum atomic E-state index is -0.287. The second-order valence-electron chi connectivity index (χ2n) is 2.33. The zero-order chi connectivity index (χ0) is 10.1. The monoisotopic (exact) mass is 205 g/mol. The van der Waals surface area contributed by atoms with Crippen LogP contribution >= 0.6 is 11.8 Å². The van der Waals surface area contributed by atoms with Gasteiger partial charge in [0.15, 0.2) is 5.17 Å². The van der Waals surface area contributed by atoms with Crippen LogP contribution < -0.4 is 11.6 Å². The van der Waals surface area contributed by atoms with Crippen molar-refractivity contribution in [3.8, 4) is 0 Å². The summed E-state index contributed by atoms with van der Waals surface area (Å²) in [6, 6.07) is 0. The normalized spacial score (nSPS) is 11.3. The lowest BCUT2D eigenvalue weighted by Crippen LogP contribution is -2.15. The molecule has 0 fully saturated rings. The predicted octanol–water partition coefficient (Wildman–Crippen LogP) is 0.251. The molecule has 0 saturated carbocycles. The molecule has 0 aliphatic carbocycles. The number of esters is 1. The smallest absolute Gasteiger partial charge is 0.316 e. The van der Waals surface area contributed by atoms with Crippen molar-refractivity contribution in [2.24, 2.45) is 16.7 Å². The van der Waals surface area contributed by atoms with Crippen molar-refractivity contribution in [1.29, 1.82) is 0 Å². The maximum atomic E-state index is 10.9. The highest BCUT2D eigenvalue weighted by Gasteiger charge is 2.03. The fourth-order valence-electron chi connectivity index (χ4n) is 0.542. The number of hydrazone groups is 1. The number of amidine groups is 1. The highest BCUT2D eigenvalue weighted by Crippen LogP contribution is 2.00. The van der Waals surface area contributed by atoms with Crippen LogP contribution in [0.4, 0.5) is 0 Å². The average molecular weight is 205 g/mol. The lowest BCUT2D eigenvalue weighted by molar-refractivity contribution is -0.140. The summed E-state index contributed by atoms with van der Waals surface area (Å²) in [6.07, 6.45) is 1.89. The van der Waals surface area contributed by atoms with Crippen molar-refractivity contribution in [2.45, 2.75) is 19.8 Å². The zero-order valence-corrected chi connectivity index (χ0v) is 8.47. The summed E-state index contributed by atoms with van der Waals surface area (Å²) in [7, 11) is 0. The van der Waals surface area contributed by atoms with Crippen LogP contribution in [0, 0.1) is 0 Å². The maximum absolute atomic E-state index is 10.9. The summed E-state index contributed by atoms with van der Waals surface area (Å²) in [4.78, 5) is 10.9. The van der Waals surface area contributed by atoms with E-state index in [2.05, 4.69) is 5.10 Å². The molecule has 13 heavy (non-hydrogen) atoms. The first-order valence-corrected chi connectivity index (χ1v) is 5.01. The van der Waals surface area contributed by atoms with Gasteiger partial charge in [-0.25, -0.2) is 0 Å². The molecule has 0 aromatic heterocycles. The van der Waals surface area contributed by atoms with E-state index in [1.807, 2.05) is 6.92 Å². The van der Waals surface area contributed by atoms with Gasteiger partial charge in [0.05, 0.1) is 12.4 Å². The van der Waals surface area contributed by atoms with Crippen LogP contribution in [-0.4, -0.2) is 23.5 Å². The van der Waals surface area contributed by atoms with E-state index in [-0.39, 0.29) is 16.9 Å². The number of thioether (sulfide) groups is 1. The van der Waals surface area contributed by atoms with E-state index in [0.717, 1.165) is 24.6 Å². The van der Waals surface area contributed by atoms with Gasteiger partial charge in [-0.3, -0.25) is 4.79 Å². The Morgan fingerprint density at radius 1 is 1.62 bits per heavy atom. The molecule has 0 radical (unpaired) electrons. The molecule has 0 amide bonds. The van der Waals surface area contributed by atoms with E-state index in [1.165, 1.54) is 0 Å². The summed E-state index contributed by atoms with van der Waals surface area (Å²) < 4.78 is 4.87. The van der Waals surface area contributed by atoms with Gasteiger partial charge in [-0.05, 0) is 6.42 Å². The van der Waals surface area contributed by atoms with Crippen LogP contribution in [0.25, 0.3) is 0 Å². The second kappa shape index (κ2) is 7.72. The molecule has 0 atom stereocenters. The average Bonchev–Trinajstić information content (AvgIpc) is 2.14. The fraction of sp³-hybridized carbons (Fsp3) is 0.714. The van der Waals surface area contributed by atoms with Gasteiger partial charge in [0.1, 0.15) is 0 Å². The predicted molar refractivity (Wildman–Crippen MR) is 54.1 cm³/mol. The molecule has 0 aromatic carbocycles. The van der Waals surface area contributed by atoms with Crippen molar-refractivity contribution in [3.63, 3.8) is 0 Å². The van der Waals surface area contributed by atoms with Gasteiger partial charge >= 0.3 is 5.97 Å². The third kappa shape index (κ3) is 7.45. The standard InChI is InChI=1S/C7H15N3O2S/c1-2-3-4-12-6(11)5-13-7(8)10-9/h2-5,9H2,1H3,(H2,8,10). The highest BCUT2D eigenvalue weighted by molar-refractivity contribution is 8.14. The summed E-state index contributed by atoms with van der Waals surface area (Å²) in [5.41, 5.74) is 5.26. The fourth-order valence-corrected chi connectivity index (χ4v) is 0.966. The Kier molecular flexibility index (Phi) is 7.18. The van der Waals surface area contributed by atoms with Crippen LogP contribution in [0.2, 0.25) is 0 Å². The molecule has 0 aliphatic heterocycles. The van der Waals surface area contributed by atoms with Gasteiger partial charge in [0, 0.05) is 0 Å². The molecule has 0 aliphatic rings. The van der Waals surface area contributed by atoms with Crippen molar-refractivity contribution >= 4 is 22.9 Å². The molecule has 0 heterocycles. The van der Waals surface area contributed by atoms with Crippen molar-refractivity contribution in [1.82, 2.24) is 0 Å². The van der Waals surface area contributed by atoms with E-state index in [0.29, 0.717) is 6.61 Å². The topological polar surface area (TPSA) is 90.7 Å². The number of nitrogens with two attached hydrogens (primary N) is 2. The quantitative estimate of drug-likeness (QED) is 0.168. The van der Waals surface area contributed by atoms with Gasteiger partial charge < -0.3 is 16.3 Å². The van der Waals surface area contributed by atoms with E-state index in [4.69, 9.17) is 16.3 Å². The van der Waals surface area contributed by atoms with E-state index in [1.54, 1.807) is 0 Å². The third-order valence-corrected chi connectivity index (χ3v) is 2.01. The largest absolute Gasteiger partial charge is 0.465 e. The van der Waals surface area contributed by atoms with E-state index < -0.39 is 0 Å². The minimum Gasteiger partial charge on any atom is -0.465 e. The molecule has 4 N–H and O–H groups in total. The van der Waals surface area contributed by atoms with Crippen LogP contribution in [0.3, 0.4) is 0 Å². The number of carbonyl (C=O) groups excluding carboxylic acids is 1. The molecule has 0 rings (SSSR count). The Hall–Kier alpha value is -0.910. The Morgan fingerprint density at radius 3 is 2.85 bits per heavy atom. The zero-order valence-electron chi connectivity index (χ0n) is 7.66. The second-order valence-corrected chi connectivity index (χ2v) is 3.33. The molecule has 0 unspecified atom stereocenters. The Balaban J connectivity index is 3.41. The van der Waals surface area contributed by atoms with Crippen molar-refractivity contribution < 1.29 is 9.53 Å². The van der Waals surface area contributed by atoms with Crippen LogP contribution in [0.5, 0.6) is 0 Å². The van der Waals surface area contributed by atoms with E-state index >= 15 is 0 Å². The molecular formula is C7H15N3O2S. The number of unbranched alkanes of at least 4 members (excludes halogenated alkanes) is 1. The van der Waals surface area contributed by atoms with Crippen LogP contribution in [-0.2, 0) is 9.53 Å². The SMILES string of the molecule is CCCCOC(=O)CSC(N)=NN. The van der Waals surface area contributed by atoms with Crippen LogP contribution in [0.15, 0.2) is 5.10 Å². The Labute approximate surface area is 81.9 Å². The first kappa shape index (κ1) is 12.1. The number of ether oxygens (including phenoxy) is 1. The third-order valence-electron chi connectivity index (χ3n) is 1.23. The maximum Gasteiger partial charge on any atom is 0.316 e. The van der Waals surface area contributed by atoms with E-state index in [9.17, 15) is 4.79 Å². The molecule has 0 spiro atoms. The van der Waals surface area contributed by atoms with Crippen LogP contribution in [0.1, 0.15) is 19.8 Å². The van der Waals surface area contributed by atoms with Gasteiger partial charge in [0.25, 0.3) is 0 Å². The molecule has 5 nitrogen and oxygen atoms in total. The molecule has 0 aromatic rings. The summed E-state index contributed by atoms with van der Waals surface area (Å²) in [5.74, 6) is 4.75. The number of carbonyl (C=O) groups is 1. The summed E-state index contributed by atoms with van der Waals surface area (Å²) >= 11 is 1.07. The van der Waals surface area contributed by atoms with Crippen molar-refractivity contribution in [2.75, 3.05) is 12.4 Å². The number of hydrogen-bond donors (Lipinski definition) is 2. The Bertz CT molecular complexity index is 185. The minimum absolute atomic E-state index is 0.163. The summed E-state index contributed by atoms with van der Waals surface area (Å²) in [5, 5.41) is 3.39.